The summed E-state index contributed by atoms with van der Waals surface area (Å²) in [4.78, 5) is 23.2. The zero-order valence-electron chi connectivity index (χ0n) is 10.8. The number of halogens is 1. The molecule has 0 spiro atoms. The van der Waals surface area contributed by atoms with E-state index in [4.69, 9.17) is 4.74 Å². The fourth-order valence-corrected chi connectivity index (χ4v) is 2.58. The van der Waals surface area contributed by atoms with E-state index in [1.807, 2.05) is 24.3 Å². The zero-order valence-corrected chi connectivity index (χ0v) is 12.4. The Morgan fingerprint density at radius 1 is 1.45 bits per heavy atom. The molecule has 0 radical (unpaired) electrons. The molecule has 1 aromatic rings. The first-order valence-electron chi connectivity index (χ1n) is 6.46. The SMILES string of the molecule is O=C(N[C@H](Cc1ccccc1Br)C(=O)O)[C@@H]1CCCO1. The second-order valence-electron chi connectivity index (χ2n) is 4.70. The number of nitrogens with one attached hydrogen (secondary N) is 1. The van der Waals surface area contributed by atoms with Gasteiger partial charge >= 0.3 is 5.97 Å². The van der Waals surface area contributed by atoms with Gasteiger partial charge in [-0.1, -0.05) is 34.1 Å². The van der Waals surface area contributed by atoms with Gasteiger partial charge in [-0.3, -0.25) is 4.79 Å². The fourth-order valence-electron chi connectivity index (χ4n) is 2.13. The number of carboxylic acids is 1. The van der Waals surface area contributed by atoms with Crippen molar-refractivity contribution in [2.75, 3.05) is 6.61 Å². The van der Waals surface area contributed by atoms with Gasteiger partial charge in [0.05, 0.1) is 0 Å². The number of amides is 1. The van der Waals surface area contributed by atoms with Crippen LogP contribution in [0.15, 0.2) is 28.7 Å². The summed E-state index contributed by atoms with van der Waals surface area (Å²) in [5, 5.41) is 11.8. The van der Waals surface area contributed by atoms with E-state index in [1.54, 1.807) is 0 Å². The van der Waals surface area contributed by atoms with Crippen LogP contribution >= 0.6 is 15.9 Å². The summed E-state index contributed by atoms with van der Waals surface area (Å²) >= 11 is 3.38. The molecule has 5 nitrogen and oxygen atoms in total. The maximum Gasteiger partial charge on any atom is 0.326 e. The molecule has 0 unspecified atom stereocenters. The highest BCUT2D eigenvalue weighted by atomic mass is 79.9. The van der Waals surface area contributed by atoms with E-state index in [9.17, 15) is 14.7 Å². The molecule has 0 bridgehead atoms. The minimum absolute atomic E-state index is 0.231. The molecule has 1 aliphatic heterocycles. The van der Waals surface area contributed by atoms with Crippen LogP contribution in [0.4, 0.5) is 0 Å². The molecular formula is C14H16BrNO4. The van der Waals surface area contributed by atoms with Gasteiger partial charge in [-0.05, 0) is 24.5 Å². The molecule has 20 heavy (non-hydrogen) atoms. The van der Waals surface area contributed by atoms with Crippen LogP contribution in [0.1, 0.15) is 18.4 Å². The predicted octanol–water partition coefficient (Wildman–Crippen LogP) is 1.74. The number of rotatable bonds is 5. The third-order valence-electron chi connectivity index (χ3n) is 3.22. The van der Waals surface area contributed by atoms with Crippen molar-refractivity contribution in [2.45, 2.75) is 31.4 Å². The second kappa shape index (κ2) is 6.85. The van der Waals surface area contributed by atoms with Crippen LogP contribution < -0.4 is 5.32 Å². The van der Waals surface area contributed by atoms with Gasteiger partial charge in [0.15, 0.2) is 0 Å². The van der Waals surface area contributed by atoms with Crippen molar-refractivity contribution in [1.29, 1.82) is 0 Å². The smallest absolute Gasteiger partial charge is 0.326 e. The molecule has 2 atom stereocenters. The molecule has 1 amide bonds. The molecule has 0 aliphatic carbocycles. The molecule has 1 heterocycles. The summed E-state index contributed by atoms with van der Waals surface area (Å²) in [6, 6.07) is 6.41. The average molecular weight is 342 g/mol. The van der Waals surface area contributed by atoms with Crippen molar-refractivity contribution in [3.63, 3.8) is 0 Å². The largest absolute Gasteiger partial charge is 0.480 e. The minimum Gasteiger partial charge on any atom is -0.480 e. The van der Waals surface area contributed by atoms with Crippen molar-refractivity contribution >= 4 is 27.8 Å². The van der Waals surface area contributed by atoms with E-state index < -0.39 is 18.1 Å². The number of carbonyl (C=O) groups is 2. The quantitative estimate of drug-likeness (QED) is 0.855. The molecule has 2 rings (SSSR count). The average Bonchev–Trinajstić information content (AvgIpc) is 2.94. The summed E-state index contributed by atoms with van der Waals surface area (Å²) < 4.78 is 6.09. The van der Waals surface area contributed by atoms with Gasteiger partial charge in [-0.15, -0.1) is 0 Å². The van der Waals surface area contributed by atoms with Crippen LogP contribution in [-0.4, -0.2) is 35.7 Å². The lowest BCUT2D eigenvalue weighted by atomic mass is 10.1. The molecule has 1 fully saturated rings. The van der Waals surface area contributed by atoms with E-state index >= 15 is 0 Å². The monoisotopic (exact) mass is 341 g/mol. The third kappa shape index (κ3) is 3.80. The predicted molar refractivity (Wildman–Crippen MR) is 76.4 cm³/mol. The topological polar surface area (TPSA) is 75.6 Å². The van der Waals surface area contributed by atoms with Crippen LogP contribution in [0.3, 0.4) is 0 Å². The van der Waals surface area contributed by atoms with Gasteiger partial charge in [-0.2, -0.15) is 0 Å². The number of ether oxygens (including phenoxy) is 1. The standard InChI is InChI=1S/C14H16BrNO4/c15-10-5-2-1-4-9(10)8-11(14(18)19)16-13(17)12-6-3-7-20-12/h1-2,4-5,11-12H,3,6-8H2,(H,16,17)(H,18,19)/t11-,12+/m1/s1. The van der Waals surface area contributed by atoms with Gasteiger partial charge in [0.2, 0.25) is 5.91 Å². The number of carbonyl (C=O) groups excluding carboxylic acids is 1. The van der Waals surface area contributed by atoms with Crippen molar-refractivity contribution in [3.8, 4) is 0 Å². The summed E-state index contributed by atoms with van der Waals surface area (Å²) in [7, 11) is 0. The molecule has 1 saturated heterocycles. The van der Waals surface area contributed by atoms with Gasteiger partial charge in [0, 0.05) is 17.5 Å². The highest BCUT2D eigenvalue weighted by Gasteiger charge is 2.28. The van der Waals surface area contributed by atoms with Crippen LogP contribution in [0, 0.1) is 0 Å². The van der Waals surface area contributed by atoms with Crippen molar-refractivity contribution in [3.05, 3.63) is 34.3 Å². The van der Waals surface area contributed by atoms with Crippen LogP contribution in [0.2, 0.25) is 0 Å². The Bertz CT molecular complexity index is 500. The minimum atomic E-state index is -1.05. The molecule has 1 aromatic carbocycles. The Hall–Kier alpha value is -1.40. The normalized spacial score (nSPS) is 19.6. The Balaban J connectivity index is 2.02. The molecule has 108 valence electrons. The fraction of sp³-hybridized carbons (Fsp3) is 0.429. The molecular weight excluding hydrogens is 326 g/mol. The second-order valence-corrected chi connectivity index (χ2v) is 5.55. The highest BCUT2D eigenvalue weighted by Crippen LogP contribution is 2.18. The van der Waals surface area contributed by atoms with Crippen molar-refractivity contribution in [2.24, 2.45) is 0 Å². The first-order chi connectivity index (χ1) is 9.58. The lowest BCUT2D eigenvalue weighted by molar-refractivity contribution is -0.143. The van der Waals surface area contributed by atoms with E-state index in [0.717, 1.165) is 16.5 Å². The Kier molecular flexibility index (Phi) is 5.14. The Morgan fingerprint density at radius 3 is 2.80 bits per heavy atom. The number of hydrogen-bond acceptors (Lipinski definition) is 3. The molecule has 1 aliphatic rings. The van der Waals surface area contributed by atoms with Crippen LogP contribution in [0.25, 0.3) is 0 Å². The number of carboxylic acid groups (broad SMARTS) is 1. The van der Waals surface area contributed by atoms with Gasteiger partial charge in [0.1, 0.15) is 12.1 Å². The van der Waals surface area contributed by atoms with Crippen LogP contribution in [0.5, 0.6) is 0 Å². The molecule has 0 aromatic heterocycles. The van der Waals surface area contributed by atoms with E-state index in [2.05, 4.69) is 21.2 Å². The van der Waals surface area contributed by atoms with E-state index in [-0.39, 0.29) is 12.3 Å². The van der Waals surface area contributed by atoms with Gasteiger partial charge in [0.25, 0.3) is 0 Å². The van der Waals surface area contributed by atoms with E-state index in [0.29, 0.717) is 13.0 Å². The lowest BCUT2D eigenvalue weighted by Crippen LogP contribution is -2.46. The first-order valence-corrected chi connectivity index (χ1v) is 7.25. The van der Waals surface area contributed by atoms with Crippen molar-refractivity contribution < 1.29 is 19.4 Å². The highest BCUT2D eigenvalue weighted by molar-refractivity contribution is 9.10. The first kappa shape index (κ1) is 15.0. The van der Waals surface area contributed by atoms with E-state index in [1.165, 1.54) is 0 Å². The maximum absolute atomic E-state index is 11.9. The Labute approximate surface area is 125 Å². The van der Waals surface area contributed by atoms with Gasteiger partial charge in [-0.25, -0.2) is 4.79 Å². The van der Waals surface area contributed by atoms with Gasteiger partial charge < -0.3 is 15.2 Å². The Morgan fingerprint density at radius 2 is 2.20 bits per heavy atom. The summed E-state index contributed by atoms with van der Waals surface area (Å²) in [6.45, 7) is 0.556. The number of benzene rings is 1. The summed E-state index contributed by atoms with van der Waals surface area (Å²) in [6.07, 6.45) is 1.19. The number of aliphatic carboxylic acids is 1. The maximum atomic E-state index is 11.9. The van der Waals surface area contributed by atoms with Crippen molar-refractivity contribution in [1.82, 2.24) is 5.32 Å². The zero-order chi connectivity index (χ0) is 14.5. The number of hydrogen-bond donors (Lipinski definition) is 2. The summed E-state index contributed by atoms with van der Waals surface area (Å²) in [5.41, 5.74) is 0.840. The third-order valence-corrected chi connectivity index (χ3v) is 3.99. The molecule has 6 heteroatoms. The molecule has 2 N–H and O–H groups in total. The lowest BCUT2D eigenvalue weighted by Gasteiger charge is -2.17. The molecule has 0 saturated carbocycles. The van der Waals surface area contributed by atoms with Crippen LogP contribution in [-0.2, 0) is 20.7 Å². The summed E-state index contributed by atoms with van der Waals surface area (Å²) in [5.74, 6) is -1.39.